The quantitative estimate of drug-likeness (QED) is 0.744. The Kier molecular flexibility index (Phi) is 4.08. The Labute approximate surface area is 108 Å². The summed E-state index contributed by atoms with van der Waals surface area (Å²) in [6, 6.07) is 10.4. The molecule has 0 aliphatic rings. The Morgan fingerprint density at radius 2 is 2.00 bits per heavy atom. The number of para-hydroxylation sites is 1. The number of carbonyl (C=O) groups excluding carboxylic acids is 1. The molecule has 94 valence electrons. The second kappa shape index (κ2) is 5.76. The number of carbonyl (C=O) groups is 1. The molecule has 0 fully saturated rings. The van der Waals surface area contributed by atoms with Crippen LogP contribution in [0, 0.1) is 6.92 Å². The van der Waals surface area contributed by atoms with E-state index in [1.165, 1.54) is 10.9 Å². The van der Waals surface area contributed by atoms with Crippen LogP contribution in [0.5, 0.6) is 0 Å². The molecule has 0 saturated heterocycles. The Bertz CT molecular complexity index is 560. The van der Waals surface area contributed by atoms with Gasteiger partial charge in [-0.15, -0.1) is 0 Å². The van der Waals surface area contributed by atoms with Crippen molar-refractivity contribution < 1.29 is 4.79 Å². The molecule has 2 aromatic rings. The molecule has 1 aromatic heterocycles. The number of hydrogen-bond donors (Lipinski definition) is 0. The van der Waals surface area contributed by atoms with E-state index in [-0.39, 0.29) is 5.78 Å². The molecule has 1 aromatic carbocycles. The fourth-order valence-corrected chi connectivity index (χ4v) is 2.23. The number of aromatic nitrogens is 1. The van der Waals surface area contributed by atoms with Crippen LogP contribution in [-0.2, 0) is 11.2 Å². The number of rotatable bonds is 5. The molecule has 0 amide bonds. The lowest BCUT2D eigenvalue weighted by Crippen LogP contribution is -1.95. The van der Waals surface area contributed by atoms with Gasteiger partial charge in [-0.05, 0) is 50.8 Å². The highest BCUT2D eigenvalue weighted by molar-refractivity contribution is 5.82. The first kappa shape index (κ1) is 12.7. The summed E-state index contributed by atoms with van der Waals surface area (Å²) in [7, 11) is 0. The number of hydrogen-bond acceptors (Lipinski definition) is 2. The number of ketones is 1. The maximum atomic E-state index is 10.9. The highest BCUT2D eigenvalue weighted by Gasteiger charge is 2.02. The second-order valence-electron chi connectivity index (χ2n) is 4.86. The summed E-state index contributed by atoms with van der Waals surface area (Å²) < 4.78 is 0. The average Bonchev–Trinajstić information content (AvgIpc) is 2.35. The van der Waals surface area contributed by atoms with Crippen LogP contribution in [0.1, 0.15) is 37.4 Å². The summed E-state index contributed by atoms with van der Waals surface area (Å²) >= 11 is 0. The largest absolute Gasteiger partial charge is 0.300 e. The summed E-state index contributed by atoms with van der Waals surface area (Å²) in [5.41, 5.74) is 3.48. The molecule has 0 spiro atoms. The minimum atomic E-state index is 0.276. The number of aryl methyl sites for hydroxylation is 2. The first-order chi connectivity index (χ1) is 8.66. The van der Waals surface area contributed by atoms with E-state index in [4.69, 9.17) is 0 Å². The third-order valence-corrected chi connectivity index (χ3v) is 3.19. The van der Waals surface area contributed by atoms with Crippen LogP contribution >= 0.6 is 0 Å². The maximum Gasteiger partial charge on any atom is 0.129 e. The van der Waals surface area contributed by atoms with Gasteiger partial charge in [-0.2, -0.15) is 0 Å². The van der Waals surface area contributed by atoms with Crippen LogP contribution in [-0.4, -0.2) is 10.8 Å². The zero-order chi connectivity index (χ0) is 13.0. The van der Waals surface area contributed by atoms with Gasteiger partial charge in [0.05, 0.1) is 5.52 Å². The molecule has 0 aliphatic heterocycles. The maximum absolute atomic E-state index is 10.9. The lowest BCUT2D eigenvalue weighted by atomic mass is 10.1. The van der Waals surface area contributed by atoms with Gasteiger partial charge in [-0.25, -0.2) is 0 Å². The Balaban J connectivity index is 2.07. The van der Waals surface area contributed by atoms with E-state index in [0.717, 1.165) is 30.5 Å². The first-order valence-electron chi connectivity index (χ1n) is 6.51. The molecule has 18 heavy (non-hydrogen) atoms. The van der Waals surface area contributed by atoms with E-state index in [0.29, 0.717) is 6.42 Å². The SMILES string of the molecule is CC(=O)CCCCc1cc(C)c2ccccc2n1. The van der Waals surface area contributed by atoms with Crippen LogP contribution < -0.4 is 0 Å². The van der Waals surface area contributed by atoms with Gasteiger partial charge in [0.1, 0.15) is 5.78 Å². The van der Waals surface area contributed by atoms with Gasteiger partial charge >= 0.3 is 0 Å². The van der Waals surface area contributed by atoms with Gasteiger partial charge < -0.3 is 4.79 Å². The van der Waals surface area contributed by atoms with Gasteiger partial charge in [0, 0.05) is 17.5 Å². The third-order valence-electron chi connectivity index (χ3n) is 3.19. The number of pyridine rings is 1. The molecular formula is C16H19NO. The molecule has 0 aliphatic carbocycles. The molecule has 1 heterocycles. The summed E-state index contributed by atoms with van der Waals surface area (Å²) in [6.07, 6.45) is 3.64. The van der Waals surface area contributed by atoms with E-state index in [9.17, 15) is 4.79 Å². The van der Waals surface area contributed by atoms with Crippen LogP contribution in [0.3, 0.4) is 0 Å². The lowest BCUT2D eigenvalue weighted by Gasteiger charge is -2.06. The van der Waals surface area contributed by atoms with Crippen LogP contribution in [0.25, 0.3) is 10.9 Å². The normalized spacial score (nSPS) is 10.8. The van der Waals surface area contributed by atoms with E-state index in [1.54, 1.807) is 6.92 Å². The van der Waals surface area contributed by atoms with E-state index in [1.807, 2.05) is 12.1 Å². The number of Topliss-reactive ketones (excluding diaryl/α,β-unsaturated/α-hetero) is 1. The fourth-order valence-electron chi connectivity index (χ4n) is 2.23. The predicted molar refractivity (Wildman–Crippen MR) is 74.7 cm³/mol. The van der Waals surface area contributed by atoms with Gasteiger partial charge in [0.25, 0.3) is 0 Å². The Hall–Kier alpha value is -1.70. The minimum Gasteiger partial charge on any atom is -0.300 e. The van der Waals surface area contributed by atoms with Crippen molar-refractivity contribution in [3.05, 3.63) is 41.6 Å². The molecule has 0 radical (unpaired) electrons. The van der Waals surface area contributed by atoms with E-state index in [2.05, 4.69) is 30.1 Å². The van der Waals surface area contributed by atoms with Crippen molar-refractivity contribution in [2.75, 3.05) is 0 Å². The molecule has 2 rings (SSSR count). The zero-order valence-electron chi connectivity index (χ0n) is 11.1. The van der Waals surface area contributed by atoms with Gasteiger partial charge in [-0.1, -0.05) is 18.2 Å². The van der Waals surface area contributed by atoms with Crippen molar-refractivity contribution in [2.45, 2.75) is 39.5 Å². The Morgan fingerprint density at radius 3 is 2.78 bits per heavy atom. The van der Waals surface area contributed by atoms with E-state index >= 15 is 0 Å². The van der Waals surface area contributed by atoms with Gasteiger partial charge in [0.2, 0.25) is 0 Å². The topological polar surface area (TPSA) is 30.0 Å². The van der Waals surface area contributed by atoms with Crippen LogP contribution in [0.15, 0.2) is 30.3 Å². The molecule has 0 saturated carbocycles. The highest BCUT2D eigenvalue weighted by Crippen LogP contribution is 2.18. The molecule has 0 atom stereocenters. The summed E-state index contributed by atoms with van der Waals surface area (Å²) in [5, 5.41) is 1.23. The number of nitrogens with zero attached hydrogens (tertiary/aromatic N) is 1. The summed E-state index contributed by atoms with van der Waals surface area (Å²) in [6.45, 7) is 3.78. The minimum absolute atomic E-state index is 0.276. The standard InChI is InChI=1S/C16H19NO/c1-12-11-14(8-4-3-7-13(2)18)17-16-10-6-5-9-15(12)16/h5-6,9-11H,3-4,7-8H2,1-2H3. The monoisotopic (exact) mass is 241 g/mol. The smallest absolute Gasteiger partial charge is 0.129 e. The fraction of sp³-hybridized carbons (Fsp3) is 0.375. The molecule has 0 bridgehead atoms. The van der Waals surface area contributed by atoms with Crippen molar-refractivity contribution in [1.29, 1.82) is 0 Å². The van der Waals surface area contributed by atoms with Gasteiger partial charge in [0.15, 0.2) is 0 Å². The molecule has 2 heteroatoms. The lowest BCUT2D eigenvalue weighted by molar-refractivity contribution is -0.117. The van der Waals surface area contributed by atoms with Crippen molar-refractivity contribution in [3.63, 3.8) is 0 Å². The van der Waals surface area contributed by atoms with Crippen molar-refractivity contribution >= 4 is 16.7 Å². The van der Waals surface area contributed by atoms with Crippen LogP contribution in [0.4, 0.5) is 0 Å². The second-order valence-corrected chi connectivity index (χ2v) is 4.86. The summed E-state index contributed by atoms with van der Waals surface area (Å²) in [5.74, 6) is 0.276. The molecule has 0 N–H and O–H groups in total. The Morgan fingerprint density at radius 1 is 1.22 bits per heavy atom. The first-order valence-corrected chi connectivity index (χ1v) is 6.51. The molecule has 0 unspecified atom stereocenters. The number of benzene rings is 1. The number of fused-ring (bicyclic) bond motifs is 1. The van der Waals surface area contributed by atoms with Crippen molar-refractivity contribution in [3.8, 4) is 0 Å². The molecular weight excluding hydrogens is 222 g/mol. The average molecular weight is 241 g/mol. The van der Waals surface area contributed by atoms with Crippen molar-refractivity contribution in [2.24, 2.45) is 0 Å². The van der Waals surface area contributed by atoms with E-state index < -0.39 is 0 Å². The predicted octanol–water partition coefficient (Wildman–Crippen LogP) is 3.85. The zero-order valence-corrected chi connectivity index (χ0v) is 11.1. The van der Waals surface area contributed by atoms with Crippen LogP contribution in [0.2, 0.25) is 0 Å². The summed E-state index contributed by atoms with van der Waals surface area (Å²) in [4.78, 5) is 15.5. The number of unbranched alkanes of at least 4 members (excludes halogenated alkanes) is 1. The third kappa shape index (κ3) is 3.16. The highest BCUT2D eigenvalue weighted by atomic mass is 16.1. The van der Waals surface area contributed by atoms with Gasteiger partial charge in [-0.3, -0.25) is 4.98 Å². The van der Waals surface area contributed by atoms with Crippen molar-refractivity contribution in [1.82, 2.24) is 4.98 Å². The molecule has 2 nitrogen and oxygen atoms in total.